The third-order valence-electron chi connectivity index (χ3n) is 7.81. The standard InChI is InChI=1S/C30H35N9O3/c1-37-11-13-38(14-12-37)10-5-17-41-25-9-8-22-26-27(42-29(22)32-25)28(39-15-18-40-19-16-39)34-30(33-26)31-24-20-23(35-36-24)21-6-3-2-4-7-21/h2-4,6-9,20H,5,10-19H2,1H3,(H2,31,33,34,35,36). The molecule has 2 aliphatic rings. The average Bonchev–Trinajstić information content (AvgIpc) is 3.65. The number of morpholine rings is 1. The van der Waals surface area contributed by atoms with Crippen LogP contribution in [0.25, 0.3) is 33.5 Å². The Morgan fingerprint density at radius 3 is 2.62 bits per heavy atom. The van der Waals surface area contributed by atoms with Gasteiger partial charge in [-0.2, -0.15) is 15.1 Å². The molecule has 7 rings (SSSR count). The molecule has 5 aromatic rings. The van der Waals surface area contributed by atoms with Gasteiger partial charge in [0.15, 0.2) is 17.2 Å². The van der Waals surface area contributed by atoms with Gasteiger partial charge in [0, 0.05) is 57.9 Å². The van der Waals surface area contributed by atoms with Gasteiger partial charge in [-0.05, 0) is 25.1 Å². The van der Waals surface area contributed by atoms with Crippen molar-refractivity contribution in [1.29, 1.82) is 0 Å². The molecule has 2 N–H and O–H groups in total. The molecule has 4 aromatic heterocycles. The molecule has 0 saturated carbocycles. The minimum Gasteiger partial charge on any atom is -0.478 e. The Morgan fingerprint density at radius 1 is 0.952 bits per heavy atom. The van der Waals surface area contributed by atoms with Crippen LogP contribution in [-0.2, 0) is 4.74 Å². The van der Waals surface area contributed by atoms with Crippen molar-refractivity contribution >= 4 is 39.8 Å². The van der Waals surface area contributed by atoms with E-state index in [1.165, 1.54) is 0 Å². The number of nitrogens with zero attached hydrogens (tertiary/aromatic N) is 7. The third-order valence-corrected chi connectivity index (χ3v) is 7.81. The topological polar surface area (TPSA) is 121 Å². The Labute approximate surface area is 243 Å². The molecule has 0 unspecified atom stereocenters. The van der Waals surface area contributed by atoms with Crippen molar-refractivity contribution in [2.45, 2.75) is 6.42 Å². The Morgan fingerprint density at radius 2 is 1.79 bits per heavy atom. The molecule has 2 fully saturated rings. The molecule has 0 bridgehead atoms. The van der Waals surface area contributed by atoms with Gasteiger partial charge in [0.1, 0.15) is 5.52 Å². The van der Waals surface area contributed by atoms with E-state index in [1.807, 2.05) is 48.5 Å². The van der Waals surface area contributed by atoms with Crippen molar-refractivity contribution in [2.24, 2.45) is 0 Å². The van der Waals surface area contributed by atoms with Gasteiger partial charge in [0.05, 0.1) is 30.9 Å². The highest BCUT2D eigenvalue weighted by Crippen LogP contribution is 2.35. The van der Waals surface area contributed by atoms with Crippen LogP contribution in [0.1, 0.15) is 6.42 Å². The lowest BCUT2D eigenvalue weighted by molar-refractivity contribution is 0.122. The maximum Gasteiger partial charge on any atom is 0.232 e. The summed E-state index contributed by atoms with van der Waals surface area (Å²) in [5, 5.41) is 11.6. The van der Waals surface area contributed by atoms with Gasteiger partial charge in [0.2, 0.25) is 17.5 Å². The zero-order chi connectivity index (χ0) is 28.3. The highest BCUT2D eigenvalue weighted by atomic mass is 16.5. The van der Waals surface area contributed by atoms with Crippen molar-refractivity contribution in [1.82, 2.24) is 34.9 Å². The molecule has 0 amide bonds. The number of anilines is 3. The van der Waals surface area contributed by atoms with Gasteiger partial charge in [-0.25, -0.2) is 4.98 Å². The summed E-state index contributed by atoms with van der Waals surface area (Å²) in [6.07, 6.45) is 0.949. The van der Waals surface area contributed by atoms with Crippen molar-refractivity contribution in [2.75, 3.05) is 82.9 Å². The highest BCUT2D eigenvalue weighted by Gasteiger charge is 2.23. The van der Waals surface area contributed by atoms with Crippen LogP contribution in [0.5, 0.6) is 5.88 Å². The van der Waals surface area contributed by atoms with Crippen LogP contribution in [0, 0.1) is 0 Å². The third kappa shape index (κ3) is 5.73. The normalized spacial score (nSPS) is 16.8. The second kappa shape index (κ2) is 11.9. The van der Waals surface area contributed by atoms with Crippen molar-refractivity contribution in [3.8, 4) is 17.1 Å². The number of hydrogen-bond donors (Lipinski definition) is 2. The Hall–Kier alpha value is -4.26. The predicted octanol–water partition coefficient (Wildman–Crippen LogP) is 3.76. The first-order chi connectivity index (χ1) is 20.7. The van der Waals surface area contributed by atoms with Crippen LogP contribution in [-0.4, -0.2) is 108 Å². The fourth-order valence-corrected chi connectivity index (χ4v) is 5.42. The van der Waals surface area contributed by atoms with Crippen LogP contribution in [0.3, 0.4) is 0 Å². The molecular formula is C30H35N9O3. The van der Waals surface area contributed by atoms with E-state index in [4.69, 9.17) is 23.9 Å². The van der Waals surface area contributed by atoms with E-state index in [0.717, 1.165) is 55.8 Å². The summed E-state index contributed by atoms with van der Waals surface area (Å²) in [6.45, 7) is 8.75. The van der Waals surface area contributed by atoms with E-state index in [2.05, 4.69) is 42.2 Å². The maximum absolute atomic E-state index is 6.30. The highest BCUT2D eigenvalue weighted by molar-refractivity contribution is 6.05. The Balaban J connectivity index is 1.13. The summed E-state index contributed by atoms with van der Waals surface area (Å²) in [7, 11) is 2.17. The lowest BCUT2D eigenvalue weighted by Crippen LogP contribution is -2.44. The van der Waals surface area contributed by atoms with E-state index in [1.54, 1.807) is 0 Å². The van der Waals surface area contributed by atoms with Gasteiger partial charge in [-0.15, -0.1) is 0 Å². The molecular weight excluding hydrogens is 534 g/mol. The van der Waals surface area contributed by atoms with E-state index in [9.17, 15) is 0 Å². The molecule has 6 heterocycles. The molecule has 0 radical (unpaired) electrons. The smallest absolute Gasteiger partial charge is 0.232 e. The number of likely N-dealkylation sites (N-methyl/N-ethyl adjacent to an activating group) is 1. The van der Waals surface area contributed by atoms with Gasteiger partial charge < -0.3 is 33.9 Å². The lowest BCUT2D eigenvalue weighted by Gasteiger charge is -2.32. The summed E-state index contributed by atoms with van der Waals surface area (Å²) < 4.78 is 17.9. The number of nitrogens with one attached hydrogen (secondary N) is 2. The molecule has 0 aliphatic carbocycles. The number of benzene rings is 1. The molecule has 2 aliphatic heterocycles. The van der Waals surface area contributed by atoms with Crippen molar-refractivity contribution in [3.63, 3.8) is 0 Å². The lowest BCUT2D eigenvalue weighted by atomic mass is 10.2. The van der Waals surface area contributed by atoms with E-state index < -0.39 is 0 Å². The predicted molar refractivity (Wildman–Crippen MR) is 161 cm³/mol. The zero-order valence-electron chi connectivity index (χ0n) is 23.8. The molecule has 12 nitrogen and oxygen atoms in total. The number of pyridine rings is 1. The number of ether oxygens (including phenoxy) is 2. The van der Waals surface area contributed by atoms with E-state index in [-0.39, 0.29) is 0 Å². The molecule has 12 heteroatoms. The first-order valence-corrected chi connectivity index (χ1v) is 14.6. The average molecular weight is 570 g/mol. The summed E-state index contributed by atoms with van der Waals surface area (Å²) in [5.74, 6) is 2.31. The van der Waals surface area contributed by atoms with Crippen LogP contribution in [0.2, 0.25) is 0 Å². The first-order valence-electron chi connectivity index (χ1n) is 14.6. The number of aromatic amines is 1. The second-order valence-corrected chi connectivity index (χ2v) is 10.8. The van der Waals surface area contributed by atoms with Crippen LogP contribution < -0.4 is 15.0 Å². The maximum atomic E-state index is 6.30. The number of fused-ring (bicyclic) bond motifs is 3. The zero-order valence-corrected chi connectivity index (χ0v) is 23.8. The van der Waals surface area contributed by atoms with Gasteiger partial charge in [-0.3, -0.25) is 5.10 Å². The SMILES string of the molecule is CN1CCN(CCCOc2ccc3c(n2)oc2c(N4CCOCC4)nc(Nc4cc(-c5ccccc5)[nH]n4)nc23)CC1. The van der Waals surface area contributed by atoms with Crippen LogP contribution >= 0.6 is 0 Å². The summed E-state index contributed by atoms with van der Waals surface area (Å²) in [5.41, 5.74) is 3.73. The summed E-state index contributed by atoms with van der Waals surface area (Å²) >= 11 is 0. The number of furan rings is 1. The van der Waals surface area contributed by atoms with E-state index in [0.29, 0.717) is 73.2 Å². The van der Waals surface area contributed by atoms with Gasteiger partial charge >= 0.3 is 0 Å². The summed E-state index contributed by atoms with van der Waals surface area (Å²) in [6, 6.07) is 15.8. The van der Waals surface area contributed by atoms with Crippen LogP contribution in [0.4, 0.5) is 17.6 Å². The fraction of sp³-hybridized carbons (Fsp3) is 0.400. The molecule has 218 valence electrons. The van der Waals surface area contributed by atoms with Gasteiger partial charge in [0.25, 0.3) is 0 Å². The molecule has 0 spiro atoms. The quantitative estimate of drug-likeness (QED) is 0.253. The number of H-pyrrole nitrogens is 1. The molecule has 42 heavy (non-hydrogen) atoms. The Bertz CT molecular complexity index is 1640. The van der Waals surface area contributed by atoms with E-state index >= 15 is 0 Å². The molecule has 2 saturated heterocycles. The Kier molecular flexibility index (Phi) is 7.56. The minimum absolute atomic E-state index is 0.432. The first kappa shape index (κ1) is 26.6. The fourth-order valence-electron chi connectivity index (χ4n) is 5.42. The van der Waals surface area contributed by atoms with Crippen LogP contribution in [0.15, 0.2) is 52.9 Å². The van der Waals surface area contributed by atoms with Gasteiger partial charge in [-0.1, -0.05) is 30.3 Å². The summed E-state index contributed by atoms with van der Waals surface area (Å²) in [4.78, 5) is 21.4. The second-order valence-electron chi connectivity index (χ2n) is 10.8. The number of rotatable bonds is 9. The number of aromatic nitrogens is 5. The molecule has 1 aromatic carbocycles. The molecule has 0 atom stereocenters. The van der Waals surface area contributed by atoms with Crippen molar-refractivity contribution in [3.05, 3.63) is 48.5 Å². The largest absolute Gasteiger partial charge is 0.478 e. The van der Waals surface area contributed by atoms with Crippen molar-refractivity contribution < 1.29 is 13.9 Å². The number of piperazine rings is 1. The monoisotopic (exact) mass is 569 g/mol. The number of hydrogen-bond acceptors (Lipinski definition) is 11. The minimum atomic E-state index is 0.432.